The Bertz CT molecular complexity index is 1020. The van der Waals surface area contributed by atoms with Gasteiger partial charge >= 0.3 is 0 Å². The lowest BCUT2D eigenvalue weighted by Crippen LogP contribution is -2.48. The van der Waals surface area contributed by atoms with Crippen molar-refractivity contribution in [2.24, 2.45) is 0 Å². The zero-order valence-corrected chi connectivity index (χ0v) is 18.7. The number of hydrogen-bond donors (Lipinski definition) is 1. The number of nitrogens with zero attached hydrogens (tertiary/aromatic N) is 4. The smallest absolute Gasteiger partial charge is 0.0796 e. The number of benzene rings is 1. The summed E-state index contributed by atoms with van der Waals surface area (Å²) in [4.78, 5) is 15.9. The lowest BCUT2D eigenvalue weighted by atomic mass is 10.1. The Morgan fingerprint density at radius 1 is 1.00 bits per heavy atom. The van der Waals surface area contributed by atoms with Gasteiger partial charge in [-0.2, -0.15) is 0 Å². The molecule has 0 atom stereocenters. The standard InChI is InChI=1S/C25H33N5O/c1-19(2)29-8-10-30(11-9-29)22-5-3-4-20(16-22)25-23-17-21(27-24(23)6-7-26-25)18-28-12-14-31-15-13-28/h3-7,16-17,19,27H,8-15,18H2,1-2H3. The molecule has 2 fully saturated rings. The molecule has 2 aliphatic rings. The Kier molecular flexibility index (Phi) is 5.94. The summed E-state index contributed by atoms with van der Waals surface area (Å²) in [6.07, 6.45) is 1.92. The average molecular weight is 420 g/mol. The summed E-state index contributed by atoms with van der Waals surface area (Å²) < 4.78 is 5.48. The summed E-state index contributed by atoms with van der Waals surface area (Å²) in [5.74, 6) is 0. The van der Waals surface area contributed by atoms with E-state index in [1.165, 1.54) is 22.3 Å². The van der Waals surface area contributed by atoms with Gasteiger partial charge in [0.25, 0.3) is 0 Å². The van der Waals surface area contributed by atoms with Gasteiger partial charge in [-0.1, -0.05) is 12.1 Å². The van der Waals surface area contributed by atoms with Crippen molar-refractivity contribution >= 4 is 16.6 Å². The van der Waals surface area contributed by atoms with Crippen LogP contribution in [-0.4, -0.2) is 78.3 Å². The summed E-state index contributed by atoms with van der Waals surface area (Å²) in [6.45, 7) is 13.5. The van der Waals surface area contributed by atoms with Crippen molar-refractivity contribution in [2.75, 3.05) is 57.4 Å². The van der Waals surface area contributed by atoms with Crippen molar-refractivity contribution in [3.05, 3.63) is 48.3 Å². The lowest BCUT2D eigenvalue weighted by molar-refractivity contribution is 0.0337. The highest BCUT2D eigenvalue weighted by molar-refractivity contribution is 5.93. The van der Waals surface area contributed by atoms with Crippen LogP contribution in [0.5, 0.6) is 0 Å². The monoisotopic (exact) mass is 419 g/mol. The number of fused-ring (bicyclic) bond motifs is 1. The van der Waals surface area contributed by atoms with Crippen LogP contribution in [0.4, 0.5) is 5.69 Å². The van der Waals surface area contributed by atoms with E-state index in [1.807, 2.05) is 6.20 Å². The Morgan fingerprint density at radius 3 is 2.58 bits per heavy atom. The van der Waals surface area contributed by atoms with Gasteiger partial charge < -0.3 is 14.6 Å². The molecule has 0 spiro atoms. The molecule has 5 rings (SSSR count). The van der Waals surface area contributed by atoms with Crippen molar-refractivity contribution in [1.82, 2.24) is 19.8 Å². The number of ether oxygens (including phenoxy) is 1. The maximum atomic E-state index is 5.48. The van der Waals surface area contributed by atoms with Gasteiger partial charge in [0, 0.05) is 85.9 Å². The Morgan fingerprint density at radius 2 is 1.81 bits per heavy atom. The molecule has 164 valence electrons. The molecule has 2 saturated heterocycles. The molecule has 0 amide bonds. The summed E-state index contributed by atoms with van der Waals surface area (Å²) in [7, 11) is 0. The molecule has 0 bridgehead atoms. The van der Waals surface area contributed by atoms with E-state index in [-0.39, 0.29) is 0 Å². The predicted octanol–water partition coefficient (Wildman–Crippen LogP) is 3.59. The Labute approximate surface area is 184 Å². The van der Waals surface area contributed by atoms with Crippen LogP contribution in [0.25, 0.3) is 22.2 Å². The topological polar surface area (TPSA) is 47.6 Å². The fraction of sp³-hybridized carbons (Fsp3) is 0.480. The molecule has 2 aliphatic heterocycles. The fourth-order valence-electron chi connectivity index (χ4n) is 4.77. The summed E-state index contributed by atoms with van der Waals surface area (Å²) in [5.41, 5.74) is 5.94. The molecule has 0 unspecified atom stereocenters. The molecule has 6 nitrogen and oxygen atoms in total. The second-order valence-electron chi connectivity index (χ2n) is 8.97. The maximum absolute atomic E-state index is 5.48. The zero-order chi connectivity index (χ0) is 21.2. The minimum atomic E-state index is 0.621. The molecule has 3 aromatic rings. The summed E-state index contributed by atoms with van der Waals surface area (Å²) in [5, 5.41) is 1.20. The summed E-state index contributed by atoms with van der Waals surface area (Å²) in [6, 6.07) is 13.9. The minimum Gasteiger partial charge on any atom is -0.379 e. The van der Waals surface area contributed by atoms with E-state index in [4.69, 9.17) is 9.72 Å². The lowest BCUT2D eigenvalue weighted by Gasteiger charge is -2.38. The first-order valence-electron chi connectivity index (χ1n) is 11.5. The highest BCUT2D eigenvalue weighted by atomic mass is 16.5. The molecule has 0 radical (unpaired) electrons. The zero-order valence-electron chi connectivity index (χ0n) is 18.7. The van der Waals surface area contributed by atoms with Gasteiger partial charge in [0.15, 0.2) is 0 Å². The van der Waals surface area contributed by atoms with Crippen LogP contribution in [0.15, 0.2) is 42.6 Å². The van der Waals surface area contributed by atoms with E-state index < -0.39 is 0 Å². The summed E-state index contributed by atoms with van der Waals surface area (Å²) >= 11 is 0. The van der Waals surface area contributed by atoms with Crippen LogP contribution in [0.1, 0.15) is 19.5 Å². The van der Waals surface area contributed by atoms with Crippen molar-refractivity contribution in [2.45, 2.75) is 26.4 Å². The van der Waals surface area contributed by atoms with Crippen LogP contribution in [0.3, 0.4) is 0 Å². The molecule has 4 heterocycles. The van der Waals surface area contributed by atoms with Gasteiger partial charge in [-0.05, 0) is 38.1 Å². The number of rotatable bonds is 5. The number of aromatic amines is 1. The van der Waals surface area contributed by atoms with E-state index in [2.05, 4.69) is 69.9 Å². The maximum Gasteiger partial charge on any atom is 0.0796 e. The van der Waals surface area contributed by atoms with Crippen LogP contribution < -0.4 is 4.90 Å². The van der Waals surface area contributed by atoms with Crippen molar-refractivity contribution < 1.29 is 4.74 Å². The van der Waals surface area contributed by atoms with Crippen LogP contribution in [0, 0.1) is 0 Å². The molecular formula is C25H33N5O. The van der Waals surface area contributed by atoms with Gasteiger partial charge in [-0.25, -0.2) is 0 Å². The number of H-pyrrole nitrogens is 1. The first kappa shape index (κ1) is 20.5. The number of hydrogen-bond acceptors (Lipinski definition) is 5. The number of morpholine rings is 1. The quantitative estimate of drug-likeness (QED) is 0.685. The molecule has 2 aromatic heterocycles. The van der Waals surface area contributed by atoms with E-state index in [0.717, 1.165) is 70.2 Å². The van der Waals surface area contributed by atoms with Crippen molar-refractivity contribution in [1.29, 1.82) is 0 Å². The molecule has 31 heavy (non-hydrogen) atoms. The molecule has 1 aromatic carbocycles. The molecule has 1 N–H and O–H groups in total. The predicted molar refractivity (Wildman–Crippen MR) is 127 cm³/mol. The third-order valence-electron chi connectivity index (χ3n) is 6.63. The van der Waals surface area contributed by atoms with Gasteiger partial charge in [-0.3, -0.25) is 14.8 Å². The van der Waals surface area contributed by atoms with Crippen LogP contribution in [-0.2, 0) is 11.3 Å². The first-order chi connectivity index (χ1) is 15.2. The Hall–Kier alpha value is -2.41. The third-order valence-corrected chi connectivity index (χ3v) is 6.63. The van der Waals surface area contributed by atoms with Gasteiger partial charge in [0.1, 0.15) is 0 Å². The number of nitrogens with one attached hydrogen (secondary N) is 1. The largest absolute Gasteiger partial charge is 0.379 e. The average Bonchev–Trinajstić information content (AvgIpc) is 3.22. The number of piperazine rings is 1. The number of anilines is 1. The number of aromatic nitrogens is 2. The molecular weight excluding hydrogens is 386 g/mol. The molecule has 6 heteroatoms. The molecule has 0 saturated carbocycles. The highest BCUT2D eigenvalue weighted by Crippen LogP contribution is 2.30. The molecule has 0 aliphatic carbocycles. The van der Waals surface area contributed by atoms with E-state index in [0.29, 0.717) is 6.04 Å². The van der Waals surface area contributed by atoms with E-state index >= 15 is 0 Å². The van der Waals surface area contributed by atoms with Crippen LogP contribution in [0.2, 0.25) is 0 Å². The minimum absolute atomic E-state index is 0.621. The fourth-order valence-corrected chi connectivity index (χ4v) is 4.77. The SMILES string of the molecule is CC(C)N1CCN(c2cccc(-c3nccc4[nH]c(CN5CCOCC5)cc34)c2)CC1. The van der Waals surface area contributed by atoms with E-state index in [9.17, 15) is 0 Å². The second kappa shape index (κ2) is 8.99. The van der Waals surface area contributed by atoms with E-state index in [1.54, 1.807) is 0 Å². The van der Waals surface area contributed by atoms with Crippen molar-refractivity contribution in [3.8, 4) is 11.3 Å². The normalized spacial score (nSPS) is 18.9. The van der Waals surface area contributed by atoms with Crippen LogP contribution >= 0.6 is 0 Å². The highest BCUT2D eigenvalue weighted by Gasteiger charge is 2.20. The second-order valence-corrected chi connectivity index (χ2v) is 8.97. The third kappa shape index (κ3) is 4.47. The Balaban J connectivity index is 1.38. The van der Waals surface area contributed by atoms with Gasteiger partial charge in [-0.15, -0.1) is 0 Å². The first-order valence-corrected chi connectivity index (χ1v) is 11.5. The van der Waals surface area contributed by atoms with Gasteiger partial charge in [0.05, 0.1) is 18.9 Å². The number of pyridine rings is 1. The van der Waals surface area contributed by atoms with Crippen molar-refractivity contribution in [3.63, 3.8) is 0 Å². The van der Waals surface area contributed by atoms with Gasteiger partial charge in [0.2, 0.25) is 0 Å².